The summed E-state index contributed by atoms with van der Waals surface area (Å²) in [7, 11) is 0. The Morgan fingerprint density at radius 2 is 1.83 bits per heavy atom. The van der Waals surface area contributed by atoms with Crippen LogP contribution in [0.15, 0.2) is 36.7 Å². The number of nitrogens with zero attached hydrogens (tertiary/aromatic N) is 4. The van der Waals surface area contributed by atoms with E-state index in [4.69, 9.17) is 9.47 Å². The van der Waals surface area contributed by atoms with Crippen LogP contribution in [0.5, 0.6) is 0 Å². The highest BCUT2D eigenvalue weighted by Gasteiger charge is 2.35. The van der Waals surface area contributed by atoms with E-state index in [1.807, 2.05) is 33.2 Å². The topological polar surface area (TPSA) is 59.3 Å². The van der Waals surface area contributed by atoms with E-state index in [2.05, 4.69) is 41.1 Å². The van der Waals surface area contributed by atoms with Crippen LogP contribution in [0.2, 0.25) is 0 Å². The zero-order chi connectivity index (χ0) is 29.3. The highest BCUT2D eigenvalue weighted by molar-refractivity contribution is 6.03. The number of hydrogen-bond acceptors (Lipinski definition) is 5. The summed E-state index contributed by atoms with van der Waals surface area (Å²) in [5.74, 6) is 0.547. The summed E-state index contributed by atoms with van der Waals surface area (Å²) < 4.78 is 28.1. The van der Waals surface area contributed by atoms with Gasteiger partial charge in [0, 0.05) is 54.9 Å². The molecule has 0 spiro atoms. The normalized spacial score (nSPS) is 17.6. The van der Waals surface area contributed by atoms with Crippen molar-refractivity contribution in [2.75, 3.05) is 32.8 Å². The van der Waals surface area contributed by atoms with Crippen molar-refractivity contribution >= 4 is 11.4 Å². The molecule has 2 saturated heterocycles. The molecule has 2 aliphatic rings. The number of ether oxygens (including phenoxy) is 2. The first kappa shape index (κ1) is 29.7. The molecule has 8 heteroatoms. The van der Waals surface area contributed by atoms with Gasteiger partial charge in [0.25, 0.3) is 5.91 Å². The lowest BCUT2D eigenvalue weighted by molar-refractivity contribution is -0.0586. The molecule has 4 heterocycles. The van der Waals surface area contributed by atoms with Crippen molar-refractivity contribution < 1.29 is 18.7 Å². The van der Waals surface area contributed by atoms with E-state index < -0.39 is 5.82 Å². The van der Waals surface area contributed by atoms with Gasteiger partial charge in [-0.1, -0.05) is 19.9 Å². The molecule has 222 valence electrons. The predicted octanol–water partition coefficient (Wildman–Crippen LogP) is 5.97. The van der Waals surface area contributed by atoms with Gasteiger partial charge in [0.15, 0.2) is 6.29 Å². The van der Waals surface area contributed by atoms with E-state index >= 15 is 0 Å². The van der Waals surface area contributed by atoms with Crippen LogP contribution in [0.4, 0.5) is 4.39 Å². The molecule has 0 radical (unpaired) electrons. The SMILES string of the molecule is CCN(C(=O)c1cc(F)ccc1-c1cc(CC2CN(C(CCC3OCCO3)C(C)C)C2)n2c(C)cncc12)C(C)C. The molecule has 0 saturated carbocycles. The number of likely N-dealkylation sites (tertiary alicyclic amines) is 1. The molecule has 41 heavy (non-hydrogen) atoms. The molecule has 7 nitrogen and oxygen atoms in total. The number of fused-ring (bicyclic) bond motifs is 1. The van der Waals surface area contributed by atoms with Gasteiger partial charge in [-0.15, -0.1) is 0 Å². The van der Waals surface area contributed by atoms with Crippen LogP contribution in [0, 0.1) is 24.6 Å². The molecule has 0 N–H and O–H groups in total. The highest BCUT2D eigenvalue weighted by atomic mass is 19.1. The van der Waals surface area contributed by atoms with Crippen molar-refractivity contribution in [1.82, 2.24) is 19.2 Å². The minimum absolute atomic E-state index is 0.0170. The predicted molar refractivity (Wildman–Crippen MR) is 159 cm³/mol. The molecule has 2 fully saturated rings. The number of halogens is 1. The Kier molecular flexibility index (Phi) is 9.12. The third-order valence-corrected chi connectivity index (χ3v) is 8.76. The molecule has 2 aliphatic heterocycles. The van der Waals surface area contributed by atoms with Gasteiger partial charge in [0.2, 0.25) is 0 Å². The second-order valence-electron chi connectivity index (χ2n) is 12.3. The zero-order valence-electron chi connectivity index (χ0n) is 25.4. The van der Waals surface area contributed by atoms with Crippen LogP contribution in [0.3, 0.4) is 0 Å². The maximum Gasteiger partial charge on any atom is 0.254 e. The first-order valence-corrected chi connectivity index (χ1v) is 15.2. The molecule has 5 rings (SSSR count). The summed E-state index contributed by atoms with van der Waals surface area (Å²) in [4.78, 5) is 22.5. The quantitative estimate of drug-likeness (QED) is 0.287. The molecule has 1 atom stereocenters. The van der Waals surface area contributed by atoms with Gasteiger partial charge >= 0.3 is 0 Å². The van der Waals surface area contributed by atoms with Crippen LogP contribution < -0.4 is 0 Å². The van der Waals surface area contributed by atoms with Crippen LogP contribution in [-0.4, -0.2) is 76.3 Å². The fourth-order valence-corrected chi connectivity index (χ4v) is 6.71. The molecule has 1 unspecified atom stereocenters. The first-order chi connectivity index (χ1) is 19.7. The lowest BCUT2D eigenvalue weighted by Gasteiger charge is -2.46. The third-order valence-electron chi connectivity index (χ3n) is 8.76. The van der Waals surface area contributed by atoms with Crippen molar-refractivity contribution in [2.45, 2.75) is 79.2 Å². The Balaban J connectivity index is 1.39. The average Bonchev–Trinajstić information content (AvgIpc) is 3.56. The summed E-state index contributed by atoms with van der Waals surface area (Å²) in [5, 5.41) is 0. The molecule has 0 aliphatic carbocycles. The second-order valence-corrected chi connectivity index (χ2v) is 12.3. The van der Waals surface area contributed by atoms with Gasteiger partial charge in [-0.3, -0.25) is 14.7 Å². The zero-order valence-corrected chi connectivity index (χ0v) is 25.4. The Morgan fingerprint density at radius 3 is 2.49 bits per heavy atom. The average molecular weight is 565 g/mol. The van der Waals surface area contributed by atoms with Crippen molar-refractivity contribution in [3.8, 4) is 11.1 Å². The molecular formula is C33H45FN4O3. The molecule has 3 aromatic rings. The van der Waals surface area contributed by atoms with E-state index in [9.17, 15) is 9.18 Å². The van der Waals surface area contributed by atoms with E-state index in [0.29, 0.717) is 43.2 Å². The molecular weight excluding hydrogens is 519 g/mol. The van der Waals surface area contributed by atoms with Crippen molar-refractivity contribution in [3.05, 3.63) is 59.4 Å². The maximum absolute atomic E-state index is 14.5. The van der Waals surface area contributed by atoms with Gasteiger partial charge in [0.05, 0.1) is 30.5 Å². The van der Waals surface area contributed by atoms with Crippen molar-refractivity contribution in [1.29, 1.82) is 0 Å². The smallest absolute Gasteiger partial charge is 0.254 e. The van der Waals surface area contributed by atoms with Gasteiger partial charge in [-0.2, -0.15) is 0 Å². The number of carbonyl (C=O) groups is 1. The number of aryl methyl sites for hydroxylation is 1. The Hall–Kier alpha value is -2.81. The monoisotopic (exact) mass is 564 g/mol. The standard InChI is InChI=1S/C33H45FN4O3/c1-7-37(22(4)5)33(39)29-15-25(34)8-9-27(29)28-16-26(38-23(6)17-35-18-31(28)38)14-24-19-36(20-24)30(21(2)3)10-11-32-40-12-13-41-32/h8-9,15-18,21-22,24,30,32H,7,10-14,19-20H2,1-6H3. The van der Waals surface area contributed by atoms with Gasteiger partial charge in [-0.25, -0.2) is 4.39 Å². The van der Waals surface area contributed by atoms with E-state index in [-0.39, 0.29) is 18.2 Å². The lowest BCUT2D eigenvalue weighted by atomic mass is 9.87. The number of rotatable bonds is 11. The summed E-state index contributed by atoms with van der Waals surface area (Å²) in [5.41, 5.74) is 5.26. The van der Waals surface area contributed by atoms with Gasteiger partial charge < -0.3 is 18.8 Å². The Labute approximate surface area is 243 Å². The van der Waals surface area contributed by atoms with Gasteiger partial charge in [0.1, 0.15) is 5.82 Å². The van der Waals surface area contributed by atoms with Crippen molar-refractivity contribution in [3.63, 3.8) is 0 Å². The minimum atomic E-state index is -0.407. The largest absolute Gasteiger partial charge is 0.350 e. The van der Waals surface area contributed by atoms with Gasteiger partial charge in [-0.05, 0) is 82.6 Å². The molecule has 2 aromatic heterocycles. The molecule has 0 bridgehead atoms. The lowest BCUT2D eigenvalue weighted by Crippen LogP contribution is -2.54. The Morgan fingerprint density at radius 1 is 1.10 bits per heavy atom. The van der Waals surface area contributed by atoms with Crippen molar-refractivity contribution in [2.24, 2.45) is 11.8 Å². The minimum Gasteiger partial charge on any atom is -0.350 e. The first-order valence-electron chi connectivity index (χ1n) is 15.2. The van der Waals surface area contributed by atoms with Crippen LogP contribution >= 0.6 is 0 Å². The summed E-state index contributed by atoms with van der Waals surface area (Å²) in [6, 6.07) is 7.29. The van der Waals surface area contributed by atoms with Crippen LogP contribution in [0.1, 0.15) is 69.2 Å². The van der Waals surface area contributed by atoms with E-state index in [0.717, 1.165) is 54.7 Å². The van der Waals surface area contributed by atoms with Crippen LogP contribution in [-0.2, 0) is 15.9 Å². The van der Waals surface area contributed by atoms with Crippen LogP contribution in [0.25, 0.3) is 16.6 Å². The number of benzene rings is 1. The maximum atomic E-state index is 14.5. The van der Waals surface area contributed by atoms with E-state index in [1.54, 1.807) is 11.0 Å². The van der Waals surface area contributed by atoms with E-state index in [1.165, 1.54) is 17.8 Å². The third kappa shape index (κ3) is 6.20. The number of aromatic nitrogens is 2. The fraction of sp³-hybridized carbons (Fsp3) is 0.576. The fourth-order valence-electron chi connectivity index (χ4n) is 6.71. The second kappa shape index (κ2) is 12.6. The summed E-state index contributed by atoms with van der Waals surface area (Å²) >= 11 is 0. The molecule has 1 aromatic carbocycles. The highest BCUT2D eigenvalue weighted by Crippen LogP contribution is 2.35. The number of amides is 1. The molecule has 1 amide bonds. The number of hydrogen-bond donors (Lipinski definition) is 0. The summed E-state index contributed by atoms with van der Waals surface area (Å²) in [6.45, 7) is 16.7. The summed E-state index contributed by atoms with van der Waals surface area (Å²) in [6.07, 6.45) is 6.63. The number of carbonyl (C=O) groups excluding carboxylic acids is 1. The Bertz CT molecular complexity index is 1360.